The maximum absolute atomic E-state index is 14.0. The van der Waals surface area contributed by atoms with Crippen molar-refractivity contribution in [3.63, 3.8) is 0 Å². The molecule has 2 aliphatic carbocycles. The Morgan fingerprint density at radius 1 is 1.26 bits per heavy atom. The molecule has 10 nitrogen and oxygen atoms in total. The first kappa shape index (κ1) is 28.7. The van der Waals surface area contributed by atoms with Gasteiger partial charge in [-0.3, -0.25) is 19.3 Å². The minimum absolute atomic E-state index is 0.0362. The first-order valence-corrected chi connectivity index (χ1v) is 13.9. The second-order valence-corrected chi connectivity index (χ2v) is 12.4. The van der Waals surface area contributed by atoms with Crippen molar-refractivity contribution in [1.82, 2.24) is 20.5 Å². The number of rotatable bonds is 10. The Hall–Kier alpha value is -2.27. The molecule has 0 aromatic carbocycles. The number of nitrogens with zero attached hydrogens (tertiary/aromatic N) is 2. The highest BCUT2D eigenvalue weighted by atomic mass is 35.5. The fraction of sp³-hybridized carbons (Fsp3) is 0.704. The van der Waals surface area contributed by atoms with E-state index in [4.69, 9.17) is 22.1 Å². The SMILES string of the molecule is CC(C)(C)[C@H](N)C(=O)N(C(=O)[C@@H]1C[C@@H](Oc2ccc(Cl)cn2)CN1)[C@@H](CC1CCC1)C(O)C(=O)NC1CC1. The molecule has 1 aromatic heterocycles. The van der Waals surface area contributed by atoms with E-state index in [1.165, 1.54) is 6.20 Å². The fourth-order valence-corrected chi connectivity index (χ4v) is 4.95. The van der Waals surface area contributed by atoms with Gasteiger partial charge >= 0.3 is 0 Å². The number of aromatic nitrogens is 1. The third kappa shape index (κ3) is 7.02. The molecule has 0 radical (unpaired) electrons. The van der Waals surface area contributed by atoms with E-state index in [1.54, 1.807) is 12.1 Å². The van der Waals surface area contributed by atoms with Gasteiger partial charge in [-0.2, -0.15) is 0 Å². The lowest BCUT2D eigenvalue weighted by Crippen LogP contribution is -2.63. The topological polar surface area (TPSA) is 147 Å². The summed E-state index contributed by atoms with van der Waals surface area (Å²) < 4.78 is 5.91. The summed E-state index contributed by atoms with van der Waals surface area (Å²) in [6.07, 6.45) is 4.86. The number of imide groups is 1. The van der Waals surface area contributed by atoms with Gasteiger partial charge in [0, 0.05) is 31.3 Å². The molecule has 11 heteroatoms. The zero-order valence-electron chi connectivity index (χ0n) is 22.4. The number of hydrogen-bond donors (Lipinski definition) is 4. The molecule has 4 rings (SSSR count). The van der Waals surface area contributed by atoms with E-state index in [9.17, 15) is 19.5 Å². The predicted molar refractivity (Wildman–Crippen MR) is 142 cm³/mol. The van der Waals surface area contributed by atoms with Gasteiger partial charge in [0.25, 0.3) is 5.91 Å². The number of carbonyl (C=O) groups excluding carboxylic acids is 3. The van der Waals surface area contributed by atoms with E-state index in [1.807, 2.05) is 20.8 Å². The van der Waals surface area contributed by atoms with Crippen LogP contribution in [-0.2, 0) is 14.4 Å². The maximum atomic E-state index is 14.0. The van der Waals surface area contributed by atoms with Gasteiger partial charge in [-0.05, 0) is 36.7 Å². The number of hydrogen-bond acceptors (Lipinski definition) is 8. The summed E-state index contributed by atoms with van der Waals surface area (Å²) >= 11 is 5.90. The largest absolute Gasteiger partial charge is 0.473 e. The molecule has 0 spiro atoms. The van der Waals surface area contributed by atoms with E-state index in [-0.39, 0.29) is 24.5 Å². The summed E-state index contributed by atoms with van der Waals surface area (Å²) in [4.78, 5) is 46.0. The van der Waals surface area contributed by atoms with Gasteiger partial charge in [0.05, 0.1) is 23.1 Å². The molecule has 1 aromatic rings. The van der Waals surface area contributed by atoms with Crippen molar-refractivity contribution in [3.8, 4) is 5.88 Å². The van der Waals surface area contributed by atoms with E-state index >= 15 is 0 Å². The van der Waals surface area contributed by atoms with E-state index < -0.39 is 47.4 Å². The van der Waals surface area contributed by atoms with Crippen molar-refractivity contribution >= 4 is 29.3 Å². The molecule has 1 unspecified atom stereocenters. The van der Waals surface area contributed by atoms with Gasteiger partial charge in [0.1, 0.15) is 6.10 Å². The van der Waals surface area contributed by atoms with Crippen LogP contribution in [0.1, 0.15) is 65.7 Å². The summed E-state index contributed by atoms with van der Waals surface area (Å²) in [7, 11) is 0. The third-order valence-electron chi connectivity index (χ3n) is 7.74. The molecule has 5 atom stereocenters. The van der Waals surface area contributed by atoms with Crippen molar-refractivity contribution in [1.29, 1.82) is 0 Å². The Balaban J connectivity index is 1.56. The molecule has 3 fully saturated rings. The van der Waals surface area contributed by atoms with Crippen LogP contribution in [0.4, 0.5) is 0 Å². The molecule has 3 aliphatic rings. The maximum Gasteiger partial charge on any atom is 0.251 e. The summed E-state index contributed by atoms with van der Waals surface area (Å²) in [6.45, 7) is 5.84. The minimum atomic E-state index is -1.54. The molecule has 210 valence electrons. The molecule has 38 heavy (non-hydrogen) atoms. The number of nitrogens with one attached hydrogen (secondary N) is 2. The van der Waals surface area contributed by atoms with Gasteiger partial charge in [-0.1, -0.05) is 51.6 Å². The molecule has 1 saturated heterocycles. The Kier molecular flexibility index (Phi) is 8.96. The second kappa shape index (κ2) is 11.9. The number of carbonyl (C=O) groups is 3. The first-order chi connectivity index (χ1) is 17.9. The second-order valence-electron chi connectivity index (χ2n) is 12.0. The van der Waals surface area contributed by atoms with E-state index in [0.717, 1.165) is 37.0 Å². The van der Waals surface area contributed by atoms with Gasteiger partial charge in [0.2, 0.25) is 17.7 Å². The van der Waals surface area contributed by atoms with Crippen molar-refractivity contribution in [3.05, 3.63) is 23.4 Å². The molecule has 2 saturated carbocycles. The van der Waals surface area contributed by atoms with E-state index in [0.29, 0.717) is 23.9 Å². The summed E-state index contributed by atoms with van der Waals surface area (Å²) in [6, 6.07) is 0.606. The molecule has 1 aliphatic heterocycles. The summed E-state index contributed by atoms with van der Waals surface area (Å²) in [5, 5.41) is 17.7. The number of pyridine rings is 1. The van der Waals surface area contributed by atoms with Crippen LogP contribution in [-0.4, -0.2) is 75.6 Å². The first-order valence-electron chi connectivity index (χ1n) is 13.6. The third-order valence-corrected chi connectivity index (χ3v) is 7.96. The molecular weight excluding hydrogens is 510 g/mol. The standard InChI is InChI=1S/C27H40ClN5O5/c1-27(2,3)23(29)26(37)33(20(11-15-5-4-6-15)22(34)24(35)32-17-8-9-17)25(36)19-12-18(14-30-19)38-21-10-7-16(28)13-31-21/h7,10,13,15,17-20,22-23,30,34H,4-6,8-9,11-12,14,29H2,1-3H3,(H,32,35)/t18-,19+,20+,22?,23-/m1/s1. The lowest BCUT2D eigenvalue weighted by molar-refractivity contribution is -0.157. The van der Waals surface area contributed by atoms with Crippen LogP contribution in [0.5, 0.6) is 5.88 Å². The number of amides is 3. The average Bonchev–Trinajstić information content (AvgIpc) is 3.53. The number of halogens is 1. The minimum Gasteiger partial charge on any atom is -0.473 e. The molecular formula is C27H40ClN5O5. The number of aliphatic hydroxyl groups is 1. The normalized spacial score (nSPS) is 24.2. The fourth-order valence-electron chi connectivity index (χ4n) is 4.84. The number of aliphatic hydroxyl groups excluding tert-OH is 1. The van der Waals surface area contributed by atoms with Gasteiger partial charge < -0.3 is 26.2 Å². The monoisotopic (exact) mass is 549 g/mol. The Morgan fingerprint density at radius 3 is 2.53 bits per heavy atom. The van der Waals surface area contributed by atoms with Gasteiger partial charge in [-0.15, -0.1) is 0 Å². The van der Waals surface area contributed by atoms with Gasteiger partial charge in [0.15, 0.2) is 6.10 Å². The van der Waals surface area contributed by atoms with Crippen LogP contribution in [0.15, 0.2) is 18.3 Å². The molecule has 0 bridgehead atoms. The molecule has 5 N–H and O–H groups in total. The lowest BCUT2D eigenvalue weighted by atomic mass is 9.78. The summed E-state index contributed by atoms with van der Waals surface area (Å²) in [5.74, 6) is -1.04. The highest BCUT2D eigenvalue weighted by molar-refractivity contribution is 6.30. The van der Waals surface area contributed by atoms with Crippen LogP contribution in [0.25, 0.3) is 0 Å². The van der Waals surface area contributed by atoms with E-state index in [2.05, 4.69) is 15.6 Å². The Morgan fingerprint density at radius 2 is 1.97 bits per heavy atom. The predicted octanol–water partition coefficient (Wildman–Crippen LogP) is 1.77. The summed E-state index contributed by atoms with van der Waals surface area (Å²) in [5.41, 5.74) is 5.73. The number of ether oxygens (including phenoxy) is 1. The zero-order chi connectivity index (χ0) is 27.6. The quantitative estimate of drug-likeness (QED) is 0.345. The van der Waals surface area contributed by atoms with Crippen molar-refractivity contribution in [2.75, 3.05) is 6.54 Å². The van der Waals surface area contributed by atoms with Crippen LogP contribution in [0, 0.1) is 11.3 Å². The van der Waals surface area contributed by atoms with Crippen LogP contribution in [0.2, 0.25) is 5.02 Å². The Labute approximate surface area is 229 Å². The smallest absolute Gasteiger partial charge is 0.251 e. The van der Waals surface area contributed by atoms with Gasteiger partial charge in [-0.25, -0.2) is 4.98 Å². The van der Waals surface area contributed by atoms with Crippen molar-refractivity contribution < 1.29 is 24.2 Å². The number of nitrogens with two attached hydrogens (primary N) is 1. The highest BCUT2D eigenvalue weighted by Crippen LogP contribution is 2.34. The Bertz CT molecular complexity index is 1010. The molecule has 2 heterocycles. The average molecular weight is 550 g/mol. The van der Waals surface area contributed by atoms with Crippen LogP contribution < -0.4 is 21.1 Å². The lowest BCUT2D eigenvalue weighted by Gasteiger charge is -2.41. The van der Waals surface area contributed by atoms with Crippen LogP contribution >= 0.6 is 11.6 Å². The van der Waals surface area contributed by atoms with Crippen LogP contribution in [0.3, 0.4) is 0 Å². The van der Waals surface area contributed by atoms with Crippen molar-refractivity contribution in [2.45, 2.75) is 102 Å². The van der Waals surface area contributed by atoms with Crippen molar-refractivity contribution in [2.24, 2.45) is 17.1 Å². The molecule has 3 amide bonds. The zero-order valence-corrected chi connectivity index (χ0v) is 23.1. The highest BCUT2D eigenvalue weighted by Gasteiger charge is 2.47.